The SMILES string of the molecule is C[C@@H]1OCCC[C@H]1CCC(=O)O.Cl. The van der Waals surface area contributed by atoms with Gasteiger partial charge in [0.05, 0.1) is 6.10 Å². The maximum absolute atomic E-state index is 10.3. The minimum absolute atomic E-state index is 0. The summed E-state index contributed by atoms with van der Waals surface area (Å²) in [6, 6.07) is 0. The van der Waals surface area contributed by atoms with Crippen molar-refractivity contribution in [1.29, 1.82) is 0 Å². The molecule has 1 heterocycles. The fraction of sp³-hybridized carbons (Fsp3) is 0.889. The van der Waals surface area contributed by atoms with Gasteiger partial charge < -0.3 is 9.84 Å². The number of ether oxygens (including phenoxy) is 1. The fourth-order valence-corrected chi connectivity index (χ4v) is 1.67. The summed E-state index contributed by atoms with van der Waals surface area (Å²) in [7, 11) is 0. The van der Waals surface area contributed by atoms with Crippen molar-refractivity contribution in [1.82, 2.24) is 0 Å². The van der Waals surface area contributed by atoms with Crippen molar-refractivity contribution in [3.63, 3.8) is 0 Å². The van der Waals surface area contributed by atoms with E-state index in [4.69, 9.17) is 9.84 Å². The molecule has 3 nitrogen and oxygen atoms in total. The number of carbonyl (C=O) groups is 1. The van der Waals surface area contributed by atoms with Gasteiger partial charge in [0.15, 0.2) is 0 Å². The Morgan fingerprint density at radius 1 is 1.62 bits per heavy atom. The van der Waals surface area contributed by atoms with Crippen LogP contribution in [0.25, 0.3) is 0 Å². The maximum atomic E-state index is 10.3. The van der Waals surface area contributed by atoms with Gasteiger partial charge in [-0.2, -0.15) is 0 Å². The van der Waals surface area contributed by atoms with E-state index in [2.05, 4.69) is 0 Å². The van der Waals surface area contributed by atoms with Gasteiger partial charge in [-0.25, -0.2) is 0 Å². The number of carboxylic acids is 1. The predicted octanol–water partition coefficient (Wildman–Crippen LogP) is 2.09. The maximum Gasteiger partial charge on any atom is 0.303 e. The van der Waals surface area contributed by atoms with Gasteiger partial charge in [-0.05, 0) is 32.1 Å². The van der Waals surface area contributed by atoms with Crippen molar-refractivity contribution in [2.24, 2.45) is 5.92 Å². The van der Waals surface area contributed by atoms with E-state index < -0.39 is 5.97 Å². The Kier molecular flexibility index (Phi) is 6.08. The molecule has 0 aromatic heterocycles. The molecule has 13 heavy (non-hydrogen) atoms. The molecular weight excluding hydrogens is 192 g/mol. The van der Waals surface area contributed by atoms with Crippen LogP contribution in [0.3, 0.4) is 0 Å². The van der Waals surface area contributed by atoms with Crippen LogP contribution in [0.2, 0.25) is 0 Å². The highest BCUT2D eigenvalue weighted by molar-refractivity contribution is 5.85. The smallest absolute Gasteiger partial charge is 0.303 e. The van der Waals surface area contributed by atoms with E-state index in [0.717, 1.165) is 25.9 Å². The van der Waals surface area contributed by atoms with E-state index in [1.165, 1.54) is 0 Å². The second-order valence-electron chi connectivity index (χ2n) is 3.41. The Morgan fingerprint density at radius 3 is 2.85 bits per heavy atom. The van der Waals surface area contributed by atoms with Crippen LogP contribution < -0.4 is 0 Å². The first kappa shape index (κ1) is 12.7. The largest absolute Gasteiger partial charge is 0.481 e. The van der Waals surface area contributed by atoms with Crippen molar-refractivity contribution in [3.8, 4) is 0 Å². The number of aliphatic carboxylic acids is 1. The van der Waals surface area contributed by atoms with Crippen molar-refractivity contribution in [3.05, 3.63) is 0 Å². The third-order valence-corrected chi connectivity index (χ3v) is 2.49. The normalized spacial score (nSPS) is 27.8. The van der Waals surface area contributed by atoms with Gasteiger partial charge in [0.2, 0.25) is 0 Å². The summed E-state index contributed by atoms with van der Waals surface area (Å²) in [5.41, 5.74) is 0. The molecule has 1 aliphatic heterocycles. The lowest BCUT2D eigenvalue weighted by Crippen LogP contribution is -2.27. The molecule has 1 saturated heterocycles. The molecule has 0 spiro atoms. The van der Waals surface area contributed by atoms with E-state index in [1.54, 1.807) is 0 Å². The van der Waals surface area contributed by atoms with E-state index in [-0.39, 0.29) is 24.9 Å². The van der Waals surface area contributed by atoms with Crippen LogP contribution in [0.15, 0.2) is 0 Å². The summed E-state index contributed by atoms with van der Waals surface area (Å²) < 4.78 is 5.43. The van der Waals surface area contributed by atoms with Gasteiger partial charge in [-0.3, -0.25) is 4.79 Å². The third kappa shape index (κ3) is 4.48. The van der Waals surface area contributed by atoms with E-state index in [0.29, 0.717) is 5.92 Å². The second kappa shape index (κ2) is 6.22. The zero-order valence-electron chi connectivity index (χ0n) is 7.86. The number of carboxylic acid groups (broad SMARTS) is 1. The topological polar surface area (TPSA) is 46.5 Å². The van der Waals surface area contributed by atoms with E-state index >= 15 is 0 Å². The van der Waals surface area contributed by atoms with Gasteiger partial charge in [-0.15, -0.1) is 12.4 Å². The molecule has 4 heteroatoms. The zero-order valence-corrected chi connectivity index (χ0v) is 8.68. The molecule has 0 amide bonds. The lowest BCUT2D eigenvalue weighted by atomic mass is 9.91. The Morgan fingerprint density at radius 2 is 2.31 bits per heavy atom. The first-order valence-corrected chi connectivity index (χ1v) is 4.53. The summed E-state index contributed by atoms with van der Waals surface area (Å²) in [6.45, 7) is 2.87. The van der Waals surface area contributed by atoms with Crippen LogP contribution in [-0.4, -0.2) is 23.8 Å². The number of halogens is 1. The predicted molar refractivity (Wildman–Crippen MR) is 52.3 cm³/mol. The first-order chi connectivity index (χ1) is 5.70. The van der Waals surface area contributed by atoms with Gasteiger partial charge in [0.25, 0.3) is 0 Å². The van der Waals surface area contributed by atoms with Crippen LogP contribution in [0, 0.1) is 5.92 Å². The van der Waals surface area contributed by atoms with Gasteiger partial charge in [-0.1, -0.05) is 0 Å². The fourth-order valence-electron chi connectivity index (χ4n) is 1.67. The van der Waals surface area contributed by atoms with Gasteiger partial charge in [0.1, 0.15) is 0 Å². The van der Waals surface area contributed by atoms with Gasteiger partial charge in [0, 0.05) is 13.0 Å². The summed E-state index contributed by atoms with van der Waals surface area (Å²) in [5, 5.41) is 8.49. The quantitative estimate of drug-likeness (QED) is 0.773. The molecule has 0 aromatic rings. The molecule has 1 rings (SSSR count). The average molecular weight is 209 g/mol. The molecule has 0 aliphatic carbocycles. The second-order valence-corrected chi connectivity index (χ2v) is 3.41. The van der Waals surface area contributed by atoms with Crippen molar-refractivity contribution in [2.45, 2.75) is 38.7 Å². The zero-order chi connectivity index (χ0) is 8.97. The summed E-state index contributed by atoms with van der Waals surface area (Å²) in [5.74, 6) is -0.248. The number of hydrogen-bond donors (Lipinski definition) is 1. The lowest BCUT2D eigenvalue weighted by molar-refractivity contribution is -0.137. The molecule has 0 radical (unpaired) electrons. The highest BCUT2D eigenvalue weighted by Gasteiger charge is 2.22. The van der Waals surface area contributed by atoms with Crippen molar-refractivity contribution < 1.29 is 14.6 Å². The molecule has 0 unspecified atom stereocenters. The van der Waals surface area contributed by atoms with E-state index in [1.807, 2.05) is 6.92 Å². The van der Waals surface area contributed by atoms with Gasteiger partial charge >= 0.3 is 5.97 Å². The Hall–Kier alpha value is -0.280. The summed E-state index contributed by atoms with van der Waals surface area (Å²) in [6.07, 6.45) is 3.48. The molecule has 78 valence electrons. The first-order valence-electron chi connectivity index (χ1n) is 4.53. The van der Waals surface area contributed by atoms with Crippen LogP contribution >= 0.6 is 12.4 Å². The molecule has 0 bridgehead atoms. The van der Waals surface area contributed by atoms with Crippen LogP contribution in [0.1, 0.15) is 32.6 Å². The summed E-state index contributed by atoms with van der Waals surface area (Å²) in [4.78, 5) is 10.3. The molecule has 1 aliphatic rings. The molecular formula is C9H17ClO3. The third-order valence-electron chi connectivity index (χ3n) is 2.49. The number of hydrogen-bond acceptors (Lipinski definition) is 2. The Bertz CT molecular complexity index is 161. The minimum Gasteiger partial charge on any atom is -0.481 e. The van der Waals surface area contributed by atoms with Crippen LogP contribution in [0.5, 0.6) is 0 Å². The minimum atomic E-state index is -0.701. The number of rotatable bonds is 3. The highest BCUT2D eigenvalue weighted by atomic mass is 35.5. The standard InChI is InChI=1S/C9H16O3.ClH/c1-7-8(3-2-6-12-7)4-5-9(10)11;/h7-8H,2-6H2,1H3,(H,10,11);1H/t7-,8-;/m0./s1. The van der Waals surface area contributed by atoms with Crippen LogP contribution in [-0.2, 0) is 9.53 Å². The monoisotopic (exact) mass is 208 g/mol. The molecule has 0 aromatic carbocycles. The Balaban J connectivity index is 0.00000144. The molecule has 1 N–H and O–H groups in total. The lowest BCUT2D eigenvalue weighted by Gasteiger charge is -2.28. The molecule has 0 saturated carbocycles. The molecule has 2 atom stereocenters. The van der Waals surface area contributed by atoms with Crippen molar-refractivity contribution >= 4 is 18.4 Å². The summed E-state index contributed by atoms with van der Waals surface area (Å²) >= 11 is 0. The Labute approximate surface area is 84.9 Å². The molecule has 1 fully saturated rings. The van der Waals surface area contributed by atoms with E-state index in [9.17, 15) is 4.79 Å². The highest BCUT2D eigenvalue weighted by Crippen LogP contribution is 2.24. The van der Waals surface area contributed by atoms with Crippen LogP contribution in [0.4, 0.5) is 0 Å². The average Bonchev–Trinajstić information content (AvgIpc) is 2.03. The van der Waals surface area contributed by atoms with Crippen molar-refractivity contribution in [2.75, 3.05) is 6.61 Å².